The Morgan fingerprint density at radius 2 is 1.38 bits per heavy atom. The average molecular weight is 450 g/mol. The molecule has 0 bridgehead atoms. The van der Waals surface area contributed by atoms with Crippen LogP contribution in [0, 0.1) is 0 Å². The van der Waals surface area contributed by atoms with Gasteiger partial charge in [0.2, 0.25) is 23.6 Å². The van der Waals surface area contributed by atoms with E-state index in [1.54, 1.807) is 7.05 Å². The van der Waals surface area contributed by atoms with Crippen molar-refractivity contribution in [3.8, 4) is 0 Å². The van der Waals surface area contributed by atoms with Crippen molar-refractivity contribution in [2.24, 2.45) is 0 Å². The first-order valence-corrected chi connectivity index (χ1v) is 9.68. The number of likely N-dealkylation sites (N-methyl/N-ethyl adjacent to an activating group) is 5. The van der Waals surface area contributed by atoms with E-state index in [2.05, 4.69) is 10.3 Å². The summed E-state index contributed by atoms with van der Waals surface area (Å²) in [4.78, 5) is 69.8. The minimum atomic E-state index is -0.621. The number of esters is 1. The van der Waals surface area contributed by atoms with Gasteiger partial charge in [-0.05, 0) is 13.1 Å². The molecule has 0 atom stereocenters. The van der Waals surface area contributed by atoms with E-state index in [0.717, 1.165) is 0 Å². The van der Waals surface area contributed by atoms with Crippen molar-refractivity contribution in [2.45, 2.75) is 0 Å². The molecule has 0 unspecified atom stereocenters. The van der Waals surface area contributed by atoms with Crippen molar-refractivity contribution in [1.29, 1.82) is 0 Å². The Hall–Kier alpha value is -3.54. The molecular formula is C20H30N6O6. The van der Waals surface area contributed by atoms with Gasteiger partial charge in [-0.3, -0.25) is 24.2 Å². The van der Waals surface area contributed by atoms with E-state index in [-0.39, 0.29) is 43.3 Å². The van der Waals surface area contributed by atoms with Crippen molar-refractivity contribution < 1.29 is 28.7 Å². The van der Waals surface area contributed by atoms with Crippen LogP contribution in [0.5, 0.6) is 0 Å². The summed E-state index contributed by atoms with van der Waals surface area (Å²) in [5, 5.41) is 2.71. The Labute approximate surface area is 187 Å². The number of carbonyl (C=O) groups is 5. The van der Waals surface area contributed by atoms with Gasteiger partial charge in [-0.2, -0.15) is 0 Å². The molecule has 0 saturated carbocycles. The van der Waals surface area contributed by atoms with Crippen LogP contribution < -0.4 is 10.2 Å². The van der Waals surface area contributed by atoms with Gasteiger partial charge in [0.15, 0.2) is 0 Å². The van der Waals surface area contributed by atoms with Crippen LogP contribution in [0.15, 0.2) is 18.5 Å². The average Bonchev–Trinajstić information content (AvgIpc) is 2.77. The van der Waals surface area contributed by atoms with Crippen molar-refractivity contribution in [1.82, 2.24) is 25.0 Å². The molecule has 0 saturated heterocycles. The Morgan fingerprint density at radius 3 is 1.88 bits per heavy atom. The highest BCUT2D eigenvalue weighted by molar-refractivity contribution is 6.03. The fourth-order valence-electron chi connectivity index (χ4n) is 2.58. The molecule has 12 heteroatoms. The van der Waals surface area contributed by atoms with Gasteiger partial charge < -0.3 is 29.7 Å². The molecule has 0 fully saturated rings. The minimum Gasteiger partial charge on any atom is -0.465 e. The molecular weight excluding hydrogens is 420 g/mol. The number of amides is 4. The molecule has 1 aromatic rings. The first-order valence-electron chi connectivity index (χ1n) is 9.68. The van der Waals surface area contributed by atoms with Gasteiger partial charge >= 0.3 is 5.97 Å². The van der Waals surface area contributed by atoms with Crippen LogP contribution in [0.2, 0.25) is 0 Å². The molecule has 32 heavy (non-hydrogen) atoms. The summed E-state index contributed by atoms with van der Waals surface area (Å²) in [5.41, 5.74) is 0.404. The zero-order valence-corrected chi connectivity index (χ0v) is 19.2. The highest BCUT2D eigenvalue weighted by Gasteiger charge is 2.23. The Kier molecular flexibility index (Phi) is 10.2. The number of aromatic nitrogens is 1. The van der Waals surface area contributed by atoms with Crippen LogP contribution in [-0.2, 0) is 23.9 Å². The predicted octanol–water partition coefficient (Wildman–Crippen LogP) is -1.57. The number of hydrogen-bond donors (Lipinski definition) is 1. The fraction of sp³-hybridized carbons (Fsp3) is 0.500. The van der Waals surface area contributed by atoms with Crippen LogP contribution in [0.3, 0.4) is 0 Å². The maximum absolute atomic E-state index is 12.6. The molecule has 0 aliphatic heterocycles. The summed E-state index contributed by atoms with van der Waals surface area (Å²) >= 11 is 0. The zero-order valence-electron chi connectivity index (χ0n) is 19.2. The number of nitrogens with zero attached hydrogens (tertiary/aromatic N) is 5. The molecule has 1 aromatic heterocycles. The van der Waals surface area contributed by atoms with Gasteiger partial charge in [0, 0.05) is 34.4 Å². The van der Waals surface area contributed by atoms with Crippen LogP contribution in [0.4, 0.5) is 5.69 Å². The molecule has 0 radical (unpaired) electrons. The van der Waals surface area contributed by atoms with Crippen molar-refractivity contribution >= 4 is 35.3 Å². The summed E-state index contributed by atoms with van der Waals surface area (Å²) in [6.45, 7) is -0.624. The summed E-state index contributed by atoms with van der Waals surface area (Å²) < 4.78 is 4.71. The topological polar surface area (TPSA) is 132 Å². The van der Waals surface area contributed by atoms with E-state index >= 15 is 0 Å². The highest BCUT2D eigenvalue weighted by atomic mass is 16.5. The third-order valence-electron chi connectivity index (χ3n) is 4.66. The maximum atomic E-state index is 12.6. The van der Waals surface area contributed by atoms with Crippen LogP contribution in [0.25, 0.3) is 0 Å². The van der Waals surface area contributed by atoms with E-state index in [4.69, 9.17) is 4.74 Å². The summed E-state index contributed by atoms with van der Waals surface area (Å²) in [5.74, 6) is -2.23. The molecule has 1 N–H and O–H groups in total. The van der Waals surface area contributed by atoms with Crippen LogP contribution >= 0.6 is 0 Å². The fourth-order valence-corrected chi connectivity index (χ4v) is 2.58. The summed E-state index contributed by atoms with van der Waals surface area (Å²) in [6.07, 6.45) is 2.75. The lowest BCUT2D eigenvalue weighted by Crippen LogP contribution is -2.47. The second-order valence-electron chi connectivity index (χ2n) is 7.12. The van der Waals surface area contributed by atoms with Crippen LogP contribution in [0.1, 0.15) is 10.4 Å². The molecule has 0 spiro atoms. The zero-order chi connectivity index (χ0) is 24.4. The minimum absolute atomic E-state index is 0.0966. The number of methoxy groups -OCH3 is 1. The molecule has 0 aliphatic rings. The Morgan fingerprint density at radius 1 is 0.875 bits per heavy atom. The van der Waals surface area contributed by atoms with Crippen LogP contribution in [-0.4, -0.2) is 118 Å². The number of carbonyl (C=O) groups excluding carboxylic acids is 5. The van der Waals surface area contributed by atoms with Gasteiger partial charge in [-0.25, -0.2) is 4.79 Å². The molecule has 0 aliphatic carbocycles. The molecule has 4 amide bonds. The smallest absolute Gasteiger partial charge is 0.340 e. The first kappa shape index (κ1) is 26.5. The lowest BCUT2D eigenvalue weighted by molar-refractivity contribution is -0.142. The van der Waals surface area contributed by atoms with E-state index in [0.29, 0.717) is 0 Å². The number of nitrogens with one attached hydrogen (secondary N) is 1. The second kappa shape index (κ2) is 12.3. The predicted molar refractivity (Wildman–Crippen MR) is 116 cm³/mol. The van der Waals surface area contributed by atoms with Gasteiger partial charge in [0.1, 0.15) is 0 Å². The SMILES string of the molecule is CNCC(=O)N(C)CC(=O)N(C)CC(=O)N(C)CC(=O)N(C)c1cnccc1C(=O)OC. The van der Waals surface area contributed by atoms with E-state index in [9.17, 15) is 24.0 Å². The number of hydrogen-bond acceptors (Lipinski definition) is 8. The summed E-state index contributed by atoms with van der Waals surface area (Å²) in [6, 6.07) is 1.43. The van der Waals surface area contributed by atoms with Gasteiger partial charge in [0.05, 0.1) is 50.7 Å². The number of ether oxygens (including phenoxy) is 1. The first-order chi connectivity index (χ1) is 15.0. The largest absolute Gasteiger partial charge is 0.465 e. The van der Waals surface area contributed by atoms with Gasteiger partial charge in [0.25, 0.3) is 0 Å². The van der Waals surface area contributed by atoms with E-state index in [1.807, 2.05) is 0 Å². The number of pyridine rings is 1. The van der Waals surface area contributed by atoms with Crippen molar-refractivity contribution in [3.63, 3.8) is 0 Å². The van der Waals surface area contributed by atoms with Gasteiger partial charge in [-0.1, -0.05) is 0 Å². The third-order valence-corrected chi connectivity index (χ3v) is 4.66. The van der Waals surface area contributed by atoms with Gasteiger partial charge in [-0.15, -0.1) is 0 Å². The monoisotopic (exact) mass is 450 g/mol. The number of anilines is 1. The molecule has 1 rings (SSSR count). The Balaban J connectivity index is 2.70. The molecule has 176 valence electrons. The second-order valence-corrected chi connectivity index (χ2v) is 7.12. The maximum Gasteiger partial charge on any atom is 0.340 e. The standard InChI is InChI=1S/C20H30N6O6/c1-21-10-16(27)23(2)11-17(28)24(3)12-18(29)25(4)13-19(30)26(5)15-9-22-8-7-14(15)20(31)32-6/h7-9,21H,10-13H2,1-6H3. The van der Waals surface area contributed by atoms with Crippen molar-refractivity contribution in [2.75, 3.05) is 73.4 Å². The Bertz CT molecular complexity index is 861. The van der Waals surface area contributed by atoms with E-state index < -0.39 is 23.7 Å². The molecule has 1 heterocycles. The summed E-state index contributed by atoms with van der Waals surface area (Å²) in [7, 11) is 8.67. The van der Waals surface area contributed by atoms with E-state index in [1.165, 1.54) is 73.4 Å². The normalized spacial score (nSPS) is 10.2. The lowest BCUT2D eigenvalue weighted by atomic mass is 10.2. The molecule has 0 aromatic carbocycles. The number of rotatable bonds is 10. The third kappa shape index (κ3) is 7.30. The highest BCUT2D eigenvalue weighted by Crippen LogP contribution is 2.19. The molecule has 12 nitrogen and oxygen atoms in total. The quantitative estimate of drug-likeness (QED) is 0.423. The lowest BCUT2D eigenvalue weighted by Gasteiger charge is -2.26. The van der Waals surface area contributed by atoms with Crippen molar-refractivity contribution in [3.05, 3.63) is 24.0 Å².